The first-order chi connectivity index (χ1) is 6.02. The molecule has 1 unspecified atom stereocenters. The van der Waals surface area contributed by atoms with E-state index in [4.69, 9.17) is 0 Å². The lowest BCUT2D eigenvalue weighted by Gasteiger charge is -2.30. The van der Waals surface area contributed by atoms with Gasteiger partial charge in [-0.15, -0.1) is 5.43 Å². The highest BCUT2D eigenvalue weighted by Gasteiger charge is 2.19. The van der Waals surface area contributed by atoms with Crippen LogP contribution in [-0.2, 0) is 4.94 Å². The summed E-state index contributed by atoms with van der Waals surface area (Å²) in [4.78, 5) is 4.47. The van der Waals surface area contributed by atoms with Crippen molar-refractivity contribution in [2.24, 2.45) is 5.16 Å². The second-order valence-corrected chi connectivity index (χ2v) is 2.74. The van der Waals surface area contributed by atoms with Crippen LogP contribution >= 0.6 is 0 Å². The van der Waals surface area contributed by atoms with Gasteiger partial charge in [0.1, 0.15) is 14.1 Å². The molecule has 0 radical (unpaired) electrons. The molecule has 0 saturated heterocycles. The van der Waals surface area contributed by atoms with Gasteiger partial charge >= 0.3 is 0 Å². The van der Waals surface area contributed by atoms with Crippen LogP contribution in [0.5, 0.6) is 0 Å². The van der Waals surface area contributed by atoms with E-state index in [1.165, 1.54) is 0 Å². The Morgan fingerprint density at radius 1 is 1.62 bits per heavy atom. The molecule has 0 aromatic heterocycles. The van der Waals surface area contributed by atoms with Crippen LogP contribution in [0.4, 0.5) is 0 Å². The average molecular weight is 193 g/mol. The Balaban J connectivity index is 3.77. The zero-order valence-corrected chi connectivity index (χ0v) is 8.13. The highest BCUT2D eigenvalue weighted by atomic mass is 16.8. The summed E-state index contributed by atoms with van der Waals surface area (Å²) in [6.07, 6.45) is 0. The van der Waals surface area contributed by atoms with E-state index in [2.05, 4.69) is 33.4 Å². The Labute approximate surface area is 77.1 Å². The van der Waals surface area contributed by atoms with Crippen molar-refractivity contribution in [3.63, 3.8) is 0 Å². The van der Waals surface area contributed by atoms with Crippen LogP contribution in [0.15, 0.2) is 5.16 Å². The molecule has 0 rings (SSSR count). The summed E-state index contributed by atoms with van der Waals surface area (Å²) in [6, 6.07) is 0. The van der Waals surface area contributed by atoms with Crippen molar-refractivity contribution in [3.8, 4) is 0 Å². The Morgan fingerprint density at radius 3 is 2.69 bits per heavy atom. The maximum atomic E-state index is 11.0. The monoisotopic (exact) mass is 193 g/mol. The number of rotatable bonds is 7. The first-order valence-electron chi connectivity index (χ1n) is 3.81. The van der Waals surface area contributed by atoms with E-state index in [1.54, 1.807) is 14.1 Å². The molecular weight excluding hydrogens is 176 g/mol. The third kappa shape index (κ3) is 6.40. The van der Waals surface area contributed by atoms with Crippen LogP contribution in [0.2, 0.25) is 0 Å². The molecule has 0 aliphatic rings. The molecule has 0 aromatic carbocycles. The summed E-state index contributed by atoms with van der Waals surface area (Å²) in [5.41, 5.74) is 7.56. The van der Waals surface area contributed by atoms with E-state index in [1.807, 2.05) is 6.92 Å². The molecule has 0 aliphatic heterocycles. The van der Waals surface area contributed by atoms with E-state index < -0.39 is 0 Å². The van der Waals surface area contributed by atoms with E-state index in [0.29, 0.717) is 6.54 Å². The fraction of sp³-hybridized carbons (Fsp3) is 0.800. The quantitative estimate of drug-likeness (QED) is 0.203. The topological polar surface area (TPSA) is 85.2 Å². The highest BCUT2D eigenvalue weighted by molar-refractivity contribution is 5.21. The molecule has 78 valence electrons. The summed E-state index contributed by atoms with van der Waals surface area (Å²) in [5, 5.41) is 13.9. The molecule has 8 heteroatoms. The minimum atomic E-state index is -0.298. The van der Waals surface area contributed by atoms with E-state index in [9.17, 15) is 5.21 Å². The number of nitrogens with one attached hydrogen (secondary N) is 4. The maximum absolute atomic E-state index is 11.0. The molecule has 0 heterocycles. The van der Waals surface area contributed by atoms with Crippen LogP contribution in [-0.4, -0.2) is 32.1 Å². The fourth-order valence-corrected chi connectivity index (χ4v) is 0.608. The number of nitrogens with zero attached hydrogens (tertiary/aromatic N) is 2. The molecule has 0 aromatic rings. The zero-order chi connectivity index (χ0) is 10.3. The second kappa shape index (κ2) is 5.80. The van der Waals surface area contributed by atoms with E-state index in [0.717, 1.165) is 0 Å². The lowest BCUT2D eigenvalue weighted by Crippen LogP contribution is -3.23. The van der Waals surface area contributed by atoms with Crippen LogP contribution in [0.3, 0.4) is 0 Å². The summed E-state index contributed by atoms with van der Waals surface area (Å²) in [7, 11) is 3.33. The normalized spacial score (nSPS) is 13.8. The van der Waals surface area contributed by atoms with Gasteiger partial charge in [-0.1, -0.05) is 9.86 Å². The third-order valence-electron chi connectivity index (χ3n) is 1.05. The van der Waals surface area contributed by atoms with Crippen molar-refractivity contribution in [3.05, 3.63) is 5.21 Å². The predicted octanol–water partition coefficient (Wildman–Crippen LogP) is -2.56. The van der Waals surface area contributed by atoms with Crippen LogP contribution in [0.25, 0.3) is 0 Å². The van der Waals surface area contributed by atoms with Gasteiger partial charge in [0.15, 0.2) is 0 Å². The van der Waals surface area contributed by atoms with Crippen molar-refractivity contribution in [1.82, 2.24) is 16.5 Å². The van der Waals surface area contributed by atoms with Crippen molar-refractivity contribution in [2.75, 3.05) is 20.6 Å². The van der Waals surface area contributed by atoms with Gasteiger partial charge in [-0.05, 0) is 6.92 Å². The van der Waals surface area contributed by atoms with Gasteiger partial charge in [-0.25, -0.2) is 4.94 Å². The van der Waals surface area contributed by atoms with Crippen LogP contribution in [0.1, 0.15) is 6.92 Å². The third-order valence-corrected chi connectivity index (χ3v) is 1.05. The Morgan fingerprint density at radius 2 is 2.23 bits per heavy atom. The first-order valence-corrected chi connectivity index (χ1v) is 3.81. The van der Waals surface area contributed by atoms with Gasteiger partial charge in [-0.3, -0.25) is 0 Å². The molecule has 0 spiro atoms. The first kappa shape index (κ1) is 12.2. The zero-order valence-electron chi connectivity index (χ0n) is 8.13. The van der Waals surface area contributed by atoms with Crippen molar-refractivity contribution in [1.29, 1.82) is 0 Å². The molecule has 8 nitrogen and oxygen atoms in total. The predicted molar refractivity (Wildman–Crippen MR) is 47.0 cm³/mol. The van der Waals surface area contributed by atoms with Gasteiger partial charge in [0.05, 0.1) is 5.59 Å². The Bertz CT molecular complexity index is 152. The molecule has 0 bridgehead atoms. The van der Waals surface area contributed by atoms with Gasteiger partial charge in [0.25, 0.3) is 0 Å². The molecule has 0 amide bonds. The largest absolute Gasteiger partial charge is 0.589 e. The molecule has 4 N–H and O–H groups in total. The van der Waals surface area contributed by atoms with Crippen LogP contribution in [0, 0.1) is 5.21 Å². The molecule has 0 fully saturated rings. The average Bonchev–Trinajstić information content (AvgIpc) is 2.00. The number of oxime groups is 1. The molecule has 13 heavy (non-hydrogen) atoms. The smallest absolute Gasteiger partial charge is 0.113 e. The SMILES string of the molecule is C=NON[N+](C)(C)N[NH+]([O-])NCC. The van der Waals surface area contributed by atoms with Gasteiger partial charge in [-0.2, -0.15) is 5.28 Å². The maximum Gasteiger partial charge on any atom is 0.113 e. The summed E-state index contributed by atoms with van der Waals surface area (Å²) >= 11 is 0. The standard InChI is InChI=1S/C5H17N6O2/c1-5-7-10(12)8-11(3,4)9-13-6-2/h7-10H,2,5H2,1,3-4H3/q+1. The molecule has 0 aliphatic carbocycles. The highest BCUT2D eigenvalue weighted by Crippen LogP contribution is 1.78. The lowest BCUT2D eigenvalue weighted by atomic mass is 10.8. The summed E-state index contributed by atoms with van der Waals surface area (Å²) in [5.74, 6) is 0. The van der Waals surface area contributed by atoms with Gasteiger partial charge in [0, 0.05) is 18.8 Å². The molecular formula is C5H17N6O2+. The second-order valence-electron chi connectivity index (χ2n) is 2.74. The van der Waals surface area contributed by atoms with Crippen molar-refractivity contribution >= 4 is 6.72 Å². The minimum Gasteiger partial charge on any atom is -0.589 e. The minimum absolute atomic E-state index is 0.0646. The lowest BCUT2D eigenvalue weighted by molar-refractivity contribution is -1.17. The molecule has 1 atom stereocenters. The van der Waals surface area contributed by atoms with Gasteiger partial charge < -0.3 is 5.21 Å². The number of quaternary nitrogens is 2. The Kier molecular flexibility index (Phi) is 5.46. The van der Waals surface area contributed by atoms with E-state index in [-0.39, 0.29) is 9.98 Å². The summed E-state index contributed by atoms with van der Waals surface area (Å²) < 4.78 is -0.0646. The summed E-state index contributed by atoms with van der Waals surface area (Å²) in [6.45, 7) is 5.50. The number of hydrogen-bond donors (Lipinski definition) is 4. The van der Waals surface area contributed by atoms with Crippen LogP contribution < -0.4 is 21.8 Å². The van der Waals surface area contributed by atoms with Gasteiger partial charge in [0.2, 0.25) is 0 Å². The van der Waals surface area contributed by atoms with Crippen molar-refractivity contribution < 1.29 is 14.9 Å². The van der Waals surface area contributed by atoms with E-state index >= 15 is 0 Å². The fourth-order valence-electron chi connectivity index (χ4n) is 0.608. The Hall–Kier alpha value is -0.770. The molecule has 0 saturated carbocycles. The number of hydrogen-bond acceptors (Lipinski definition) is 6. The van der Waals surface area contributed by atoms with Crippen molar-refractivity contribution in [2.45, 2.75) is 6.92 Å².